The number of esters is 2. The zero-order valence-electron chi connectivity index (χ0n) is 15.8. The highest BCUT2D eigenvalue weighted by Crippen LogP contribution is 2.32. The van der Waals surface area contributed by atoms with Gasteiger partial charge < -0.3 is 35.9 Å². The molecule has 1 N–H and O–H groups in total. The van der Waals surface area contributed by atoms with Crippen LogP contribution in [0.3, 0.4) is 0 Å². The lowest BCUT2D eigenvalue weighted by atomic mass is 10.1. The smallest absolute Gasteiger partial charge is 0.333 e. The monoisotopic (exact) mass is 454 g/mol. The third kappa shape index (κ3) is 5.03. The van der Waals surface area contributed by atoms with Crippen molar-refractivity contribution in [1.29, 1.82) is 0 Å². The number of imidazole rings is 1. The summed E-state index contributed by atoms with van der Waals surface area (Å²) in [5.41, 5.74) is 0.738. The molecule has 1 atom stereocenters. The Bertz CT molecular complexity index is 823. The summed E-state index contributed by atoms with van der Waals surface area (Å²) in [6, 6.07) is 5.29. The molecule has 1 aromatic heterocycles. The van der Waals surface area contributed by atoms with Crippen molar-refractivity contribution in [3.05, 3.63) is 42.0 Å². The Balaban J connectivity index is 0.00000280. The lowest BCUT2D eigenvalue weighted by molar-refractivity contribution is -0.678. The summed E-state index contributed by atoms with van der Waals surface area (Å²) in [6.45, 7) is 2.45. The predicted octanol–water partition coefficient (Wildman–Crippen LogP) is -1.26. The topological polar surface area (TPSA) is 90.7 Å². The molecule has 0 radical (unpaired) electrons. The van der Waals surface area contributed by atoms with Gasteiger partial charge in [0.15, 0.2) is 11.5 Å². The number of hydrogen-bond acceptors (Lipinski definition) is 6. The lowest BCUT2D eigenvalue weighted by Crippen LogP contribution is -3.00. The molecule has 0 bridgehead atoms. The number of carbonyl (C=O) groups excluding carboxylic acids is 2. The summed E-state index contributed by atoms with van der Waals surface area (Å²) in [6.07, 6.45) is 4.99. The molecule has 2 aromatic rings. The van der Waals surface area contributed by atoms with Crippen LogP contribution in [-0.2, 0) is 32.7 Å². The zero-order chi connectivity index (χ0) is 19.2. The van der Waals surface area contributed by atoms with E-state index in [-0.39, 0.29) is 37.0 Å². The summed E-state index contributed by atoms with van der Waals surface area (Å²) in [4.78, 5) is 28.1. The molecule has 1 unspecified atom stereocenters. The van der Waals surface area contributed by atoms with Gasteiger partial charge in [0, 0.05) is 0 Å². The van der Waals surface area contributed by atoms with Gasteiger partial charge >= 0.3 is 11.9 Å². The standard InChI is InChI=1S/C19H22N2O6.BrH/c1-3-4-9-24-18(22)16(17-20-7-8-21(17)2)19(23)25-11-13-5-6-14-15(10-13)27-12-26-14;/h5-8,10,16H,3-4,9,11-12H2,1-2H3;1H. The Morgan fingerprint density at radius 1 is 1.21 bits per heavy atom. The molecule has 9 heteroatoms. The average molecular weight is 455 g/mol. The first kappa shape index (κ1) is 21.7. The highest BCUT2D eigenvalue weighted by Gasteiger charge is 2.39. The largest absolute Gasteiger partial charge is 1.00 e. The van der Waals surface area contributed by atoms with Crippen molar-refractivity contribution in [2.24, 2.45) is 7.05 Å². The van der Waals surface area contributed by atoms with Crippen LogP contribution < -0.4 is 31.0 Å². The van der Waals surface area contributed by atoms with Crippen molar-refractivity contribution < 1.29 is 50.1 Å². The van der Waals surface area contributed by atoms with Crippen LogP contribution in [0.1, 0.15) is 37.1 Å². The predicted molar refractivity (Wildman–Crippen MR) is 92.9 cm³/mol. The third-order valence-electron chi connectivity index (χ3n) is 4.21. The molecule has 0 saturated carbocycles. The summed E-state index contributed by atoms with van der Waals surface area (Å²) in [5.74, 6) is -0.803. The van der Waals surface area contributed by atoms with E-state index in [1.807, 2.05) is 6.92 Å². The SMILES string of the molecule is CCCCOC(=O)C(C(=O)OCc1ccc2c(c1)OCO2)c1[nH]cc[n+]1C.[Br-]. The van der Waals surface area contributed by atoms with Gasteiger partial charge in [0.1, 0.15) is 19.0 Å². The molecule has 0 fully saturated rings. The maximum absolute atomic E-state index is 12.7. The molecule has 0 amide bonds. The minimum Gasteiger partial charge on any atom is -1.00 e. The molecule has 0 spiro atoms. The fourth-order valence-corrected chi connectivity index (χ4v) is 2.69. The van der Waals surface area contributed by atoms with Crippen LogP contribution in [0.5, 0.6) is 11.5 Å². The fourth-order valence-electron chi connectivity index (χ4n) is 2.69. The third-order valence-corrected chi connectivity index (χ3v) is 4.21. The quantitative estimate of drug-likeness (QED) is 0.232. The molecule has 2 heterocycles. The number of nitrogens with one attached hydrogen (secondary N) is 1. The summed E-state index contributed by atoms with van der Waals surface area (Å²) in [7, 11) is 1.74. The Morgan fingerprint density at radius 2 is 1.96 bits per heavy atom. The van der Waals surface area contributed by atoms with Gasteiger partial charge in [0.2, 0.25) is 6.79 Å². The molecule has 1 aliphatic rings. The number of carbonyl (C=O) groups is 2. The number of fused-ring (bicyclic) bond motifs is 1. The van der Waals surface area contributed by atoms with Crippen molar-refractivity contribution in [3.63, 3.8) is 0 Å². The molecule has 1 aromatic carbocycles. The zero-order valence-corrected chi connectivity index (χ0v) is 17.4. The number of hydrogen-bond donors (Lipinski definition) is 1. The van der Waals surface area contributed by atoms with Crippen molar-refractivity contribution in [3.8, 4) is 11.5 Å². The average Bonchev–Trinajstić information content (AvgIpc) is 3.29. The van der Waals surface area contributed by atoms with E-state index in [1.165, 1.54) is 0 Å². The first-order valence-corrected chi connectivity index (χ1v) is 8.85. The first-order chi connectivity index (χ1) is 13.1. The van der Waals surface area contributed by atoms with Gasteiger partial charge in [0.25, 0.3) is 11.7 Å². The van der Waals surface area contributed by atoms with Crippen LogP contribution in [0.2, 0.25) is 0 Å². The maximum Gasteiger partial charge on any atom is 0.333 e. The van der Waals surface area contributed by atoms with E-state index in [1.54, 1.807) is 42.2 Å². The normalized spacial score (nSPS) is 12.8. The van der Waals surface area contributed by atoms with Crippen molar-refractivity contribution in [2.45, 2.75) is 32.3 Å². The Labute approximate surface area is 173 Å². The summed E-state index contributed by atoms with van der Waals surface area (Å²) < 4.78 is 22.9. The number of H-pyrrole nitrogens is 1. The second kappa shape index (κ2) is 10.1. The number of unbranched alkanes of at least 4 members (excludes halogenated alkanes) is 1. The number of aromatic nitrogens is 2. The molecule has 152 valence electrons. The van der Waals surface area contributed by atoms with Crippen molar-refractivity contribution in [2.75, 3.05) is 13.4 Å². The van der Waals surface area contributed by atoms with E-state index >= 15 is 0 Å². The van der Waals surface area contributed by atoms with E-state index in [0.717, 1.165) is 18.4 Å². The van der Waals surface area contributed by atoms with Crippen molar-refractivity contribution in [1.82, 2.24) is 4.98 Å². The van der Waals surface area contributed by atoms with Gasteiger partial charge in [0.05, 0.1) is 13.7 Å². The Kier molecular flexibility index (Phi) is 7.86. The van der Waals surface area contributed by atoms with E-state index in [2.05, 4.69) is 4.98 Å². The van der Waals surface area contributed by atoms with Crippen LogP contribution in [0.25, 0.3) is 0 Å². The fraction of sp³-hybridized carbons (Fsp3) is 0.421. The number of benzene rings is 1. The van der Waals surface area contributed by atoms with Crippen LogP contribution in [0.4, 0.5) is 0 Å². The minimum absolute atomic E-state index is 0. The van der Waals surface area contributed by atoms with Crippen LogP contribution in [0.15, 0.2) is 30.6 Å². The van der Waals surface area contributed by atoms with Gasteiger partial charge in [-0.3, -0.25) is 9.59 Å². The van der Waals surface area contributed by atoms with E-state index < -0.39 is 17.9 Å². The van der Waals surface area contributed by atoms with E-state index in [0.29, 0.717) is 17.3 Å². The number of nitrogens with zero attached hydrogens (tertiary/aromatic N) is 1. The van der Waals surface area contributed by atoms with Gasteiger partial charge in [-0.2, -0.15) is 0 Å². The lowest BCUT2D eigenvalue weighted by Gasteiger charge is -2.13. The summed E-state index contributed by atoms with van der Waals surface area (Å²) >= 11 is 0. The summed E-state index contributed by atoms with van der Waals surface area (Å²) in [5, 5.41) is 0. The molecule has 1 aliphatic heterocycles. The number of aryl methyl sites for hydroxylation is 1. The Hall–Kier alpha value is -2.55. The van der Waals surface area contributed by atoms with E-state index in [9.17, 15) is 9.59 Å². The molecule has 8 nitrogen and oxygen atoms in total. The second-order valence-electron chi connectivity index (χ2n) is 6.21. The maximum atomic E-state index is 12.7. The van der Waals surface area contributed by atoms with Gasteiger partial charge in [-0.1, -0.05) is 19.4 Å². The molecule has 3 rings (SSSR count). The molecular formula is C19H23BrN2O6. The number of halogens is 1. The number of rotatable bonds is 8. The van der Waals surface area contributed by atoms with E-state index in [4.69, 9.17) is 18.9 Å². The Morgan fingerprint density at radius 3 is 2.68 bits per heavy atom. The molecule has 0 saturated heterocycles. The highest BCUT2D eigenvalue weighted by molar-refractivity contribution is 5.99. The molecular weight excluding hydrogens is 432 g/mol. The number of aromatic amines is 1. The molecule has 28 heavy (non-hydrogen) atoms. The second-order valence-corrected chi connectivity index (χ2v) is 6.21. The molecule has 0 aliphatic carbocycles. The van der Waals surface area contributed by atoms with Crippen LogP contribution in [-0.4, -0.2) is 30.3 Å². The number of ether oxygens (including phenoxy) is 4. The van der Waals surface area contributed by atoms with Crippen LogP contribution >= 0.6 is 0 Å². The first-order valence-electron chi connectivity index (χ1n) is 8.85. The van der Waals surface area contributed by atoms with Gasteiger partial charge in [-0.15, -0.1) is 0 Å². The van der Waals surface area contributed by atoms with Gasteiger partial charge in [-0.05, 0) is 24.1 Å². The van der Waals surface area contributed by atoms with Crippen LogP contribution in [0, 0.1) is 0 Å². The van der Waals surface area contributed by atoms with Crippen molar-refractivity contribution >= 4 is 11.9 Å². The van der Waals surface area contributed by atoms with Gasteiger partial charge in [-0.25, -0.2) is 9.55 Å². The highest BCUT2D eigenvalue weighted by atomic mass is 79.9. The minimum atomic E-state index is -1.17.